The molecule has 0 heterocycles. The molecule has 22 heavy (non-hydrogen) atoms. The molecule has 1 rings (SSSR count). The van der Waals surface area contributed by atoms with E-state index in [0.717, 1.165) is 4.31 Å². The molecule has 1 aromatic rings. The highest BCUT2D eigenvalue weighted by Gasteiger charge is 2.21. The number of likely N-dealkylation sites (N-methyl/N-ethyl adjacent to an activating group) is 1. The van der Waals surface area contributed by atoms with Crippen LogP contribution in [0.3, 0.4) is 0 Å². The van der Waals surface area contributed by atoms with Gasteiger partial charge in [-0.25, -0.2) is 9.11 Å². The van der Waals surface area contributed by atoms with E-state index in [-0.39, 0.29) is 31.4 Å². The summed E-state index contributed by atoms with van der Waals surface area (Å²) in [5.41, 5.74) is 0.687. The van der Waals surface area contributed by atoms with Crippen molar-refractivity contribution in [1.82, 2.24) is 13.9 Å². The van der Waals surface area contributed by atoms with E-state index in [1.807, 2.05) is 11.0 Å². The van der Waals surface area contributed by atoms with Crippen LogP contribution in [-0.4, -0.2) is 51.9 Å². The van der Waals surface area contributed by atoms with Gasteiger partial charge in [0.25, 0.3) is 10.2 Å². The zero-order chi connectivity index (χ0) is 16.8. The summed E-state index contributed by atoms with van der Waals surface area (Å²) in [5.74, 6) is -0.363. The Morgan fingerprint density at radius 3 is 2.59 bits per heavy atom. The summed E-state index contributed by atoms with van der Waals surface area (Å²) in [6.45, 7) is 0.230. The molecular formula is C14H21FN4O2S. The fourth-order valence-electron chi connectivity index (χ4n) is 1.93. The van der Waals surface area contributed by atoms with Gasteiger partial charge in [0.1, 0.15) is 5.82 Å². The Balaban J connectivity index is 2.79. The van der Waals surface area contributed by atoms with E-state index in [1.54, 1.807) is 26.2 Å². The molecule has 1 atom stereocenters. The van der Waals surface area contributed by atoms with Crippen LogP contribution in [0.1, 0.15) is 18.0 Å². The summed E-state index contributed by atoms with van der Waals surface area (Å²) < 4.78 is 41.1. The molecule has 0 saturated carbocycles. The number of nitrogens with one attached hydrogen (secondary N) is 1. The molecule has 1 unspecified atom stereocenters. The maximum absolute atomic E-state index is 13.3. The second-order valence-corrected chi connectivity index (χ2v) is 6.98. The number of nitriles is 1. The average Bonchev–Trinajstić information content (AvgIpc) is 2.44. The van der Waals surface area contributed by atoms with Gasteiger partial charge in [0.15, 0.2) is 0 Å². The number of benzene rings is 1. The van der Waals surface area contributed by atoms with Crippen LogP contribution in [0.2, 0.25) is 0 Å². The van der Waals surface area contributed by atoms with Gasteiger partial charge in [-0.3, -0.25) is 0 Å². The third-order valence-corrected chi connectivity index (χ3v) is 4.80. The van der Waals surface area contributed by atoms with Gasteiger partial charge in [-0.2, -0.15) is 18.0 Å². The Labute approximate surface area is 131 Å². The van der Waals surface area contributed by atoms with E-state index in [4.69, 9.17) is 5.26 Å². The summed E-state index contributed by atoms with van der Waals surface area (Å²) in [4.78, 5) is 1.81. The molecule has 0 bridgehead atoms. The highest BCUT2D eigenvalue weighted by Crippen LogP contribution is 2.18. The van der Waals surface area contributed by atoms with E-state index < -0.39 is 10.2 Å². The summed E-state index contributed by atoms with van der Waals surface area (Å²) in [6.07, 6.45) is 0.123. The number of rotatable bonds is 8. The minimum absolute atomic E-state index is 0.107. The lowest BCUT2D eigenvalue weighted by molar-refractivity contribution is 0.297. The van der Waals surface area contributed by atoms with Gasteiger partial charge in [-0.15, -0.1) is 0 Å². The molecule has 0 aliphatic rings. The molecule has 0 aliphatic heterocycles. The molecular weight excluding hydrogens is 307 g/mol. The smallest absolute Gasteiger partial charge is 0.279 e. The molecule has 0 spiro atoms. The Kier molecular flexibility index (Phi) is 6.90. The second-order valence-electron chi connectivity index (χ2n) is 5.12. The maximum atomic E-state index is 13.3. The topological polar surface area (TPSA) is 76.4 Å². The standard InChI is InChI=1S/C14H21FN4O2S/c1-18(2)14(12-6-4-7-13(15)10-12)11-17-22(20,21)19(3)9-5-8-16/h4,6-7,10,14,17H,5,9,11H2,1-3H3. The van der Waals surface area contributed by atoms with Crippen LogP contribution >= 0.6 is 0 Å². The van der Waals surface area contributed by atoms with Crippen LogP contribution in [0.25, 0.3) is 0 Å². The fraction of sp³-hybridized carbons (Fsp3) is 0.500. The zero-order valence-electron chi connectivity index (χ0n) is 13.0. The largest absolute Gasteiger partial charge is 0.301 e. The molecule has 0 saturated heterocycles. The lowest BCUT2D eigenvalue weighted by Crippen LogP contribution is -2.42. The Morgan fingerprint density at radius 2 is 2.05 bits per heavy atom. The van der Waals surface area contributed by atoms with Crippen LogP contribution in [0.4, 0.5) is 4.39 Å². The van der Waals surface area contributed by atoms with E-state index in [1.165, 1.54) is 19.2 Å². The van der Waals surface area contributed by atoms with Gasteiger partial charge in [0.05, 0.1) is 6.07 Å². The van der Waals surface area contributed by atoms with Gasteiger partial charge in [0.2, 0.25) is 0 Å². The molecule has 0 radical (unpaired) electrons. The molecule has 8 heteroatoms. The number of hydrogen-bond acceptors (Lipinski definition) is 4. The van der Waals surface area contributed by atoms with E-state index in [0.29, 0.717) is 5.56 Å². The Hall–Kier alpha value is -1.53. The highest BCUT2D eigenvalue weighted by atomic mass is 32.2. The molecule has 1 aromatic carbocycles. The predicted octanol–water partition coefficient (Wildman–Crippen LogP) is 1.11. The van der Waals surface area contributed by atoms with Crippen LogP contribution < -0.4 is 4.72 Å². The van der Waals surface area contributed by atoms with Crippen LogP contribution in [-0.2, 0) is 10.2 Å². The molecule has 6 nitrogen and oxygen atoms in total. The van der Waals surface area contributed by atoms with Crippen molar-refractivity contribution in [3.05, 3.63) is 35.6 Å². The summed E-state index contributed by atoms with van der Waals surface area (Å²) >= 11 is 0. The van der Waals surface area contributed by atoms with Gasteiger partial charge < -0.3 is 4.90 Å². The zero-order valence-corrected chi connectivity index (χ0v) is 13.8. The van der Waals surface area contributed by atoms with Gasteiger partial charge in [-0.05, 0) is 31.8 Å². The van der Waals surface area contributed by atoms with Crippen LogP contribution in [0, 0.1) is 17.1 Å². The number of hydrogen-bond donors (Lipinski definition) is 1. The van der Waals surface area contributed by atoms with E-state index >= 15 is 0 Å². The third-order valence-electron chi connectivity index (χ3n) is 3.26. The van der Waals surface area contributed by atoms with Crippen molar-refractivity contribution in [2.75, 3.05) is 34.2 Å². The van der Waals surface area contributed by atoms with E-state index in [2.05, 4.69) is 4.72 Å². The van der Waals surface area contributed by atoms with Crippen molar-refractivity contribution in [3.63, 3.8) is 0 Å². The summed E-state index contributed by atoms with van der Waals surface area (Å²) in [5, 5.41) is 8.51. The molecule has 0 fully saturated rings. The summed E-state index contributed by atoms with van der Waals surface area (Å²) in [7, 11) is 1.33. The van der Waals surface area contributed by atoms with Crippen LogP contribution in [0.5, 0.6) is 0 Å². The van der Waals surface area contributed by atoms with E-state index in [9.17, 15) is 12.8 Å². The number of halogens is 1. The van der Waals surface area contributed by atoms with Crippen molar-refractivity contribution >= 4 is 10.2 Å². The third kappa shape index (κ3) is 5.35. The monoisotopic (exact) mass is 328 g/mol. The first-order chi connectivity index (χ1) is 10.3. The first-order valence-corrected chi connectivity index (χ1v) is 8.21. The second kappa shape index (κ2) is 8.19. The van der Waals surface area contributed by atoms with Gasteiger partial charge in [-0.1, -0.05) is 12.1 Å². The van der Waals surface area contributed by atoms with Gasteiger partial charge >= 0.3 is 0 Å². The SMILES string of the molecule is CN(C)C(CNS(=O)(=O)N(C)CCC#N)c1cccc(F)c1. The lowest BCUT2D eigenvalue weighted by Gasteiger charge is -2.26. The van der Waals surface area contributed by atoms with Crippen molar-refractivity contribution < 1.29 is 12.8 Å². The van der Waals surface area contributed by atoms with Crippen molar-refractivity contribution in [3.8, 4) is 6.07 Å². The molecule has 0 amide bonds. The van der Waals surface area contributed by atoms with Crippen molar-refractivity contribution in [2.45, 2.75) is 12.5 Å². The van der Waals surface area contributed by atoms with Crippen molar-refractivity contribution in [2.24, 2.45) is 0 Å². The lowest BCUT2D eigenvalue weighted by atomic mass is 10.1. The minimum Gasteiger partial charge on any atom is -0.301 e. The number of nitrogens with zero attached hydrogens (tertiary/aromatic N) is 3. The van der Waals surface area contributed by atoms with Crippen molar-refractivity contribution in [1.29, 1.82) is 5.26 Å². The highest BCUT2D eigenvalue weighted by molar-refractivity contribution is 7.87. The predicted molar refractivity (Wildman–Crippen MR) is 82.6 cm³/mol. The first kappa shape index (κ1) is 18.5. The minimum atomic E-state index is -3.67. The average molecular weight is 328 g/mol. The summed E-state index contributed by atoms with van der Waals surface area (Å²) in [6, 6.07) is 7.68. The first-order valence-electron chi connectivity index (χ1n) is 6.77. The molecule has 122 valence electrons. The van der Waals surface area contributed by atoms with Gasteiger partial charge in [0, 0.05) is 32.6 Å². The Bertz CT molecular complexity index is 628. The molecule has 0 aliphatic carbocycles. The maximum Gasteiger partial charge on any atom is 0.279 e. The Morgan fingerprint density at radius 1 is 1.36 bits per heavy atom. The normalized spacial score (nSPS) is 13.3. The van der Waals surface area contributed by atoms with Crippen LogP contribution in [0.15, 0.2) is 24.3 Å². The quantitative estimate of drug-likeness (QED) is 0.775. The fourth-order valence-corrected chi connectivity index (χ4v) is 2.86. The molecule has 0 aromatic heterocycles. The molecule has 1 N–H and O–H groups in total.